The molecule has 3 aliphatic carbocycles. The molecule has 2 aromatic carbocycles. The Labute approximate surface area is 415 Å². The van der Waals surface area contributed by atoms with Gasteiger partial charge in [0.15, 0.2) is 0 Å². The lowest BCUT2D eigenvalue weighted by Gasteiger charge is -2.28. The summed E-state index contributed by atoms with van der Waals surface area (Å²) in [6.45, 7) is 42.9. The molecule has 0 aromatic heterocycles. The van der Waals surface area contributed by atoms with Crippen LogP contribution in [-0.4, -0.2) is 67.7 Å². The molecule has 394 valence electrons. The van der Waals surface area contributed by atoms with Crippen molar-refractivity contribution in [1.29, 1.82) is 0 Å². The number of benzene rings is 2. The van der Waals surface area contributed by atoms with Crippen molar-refractivity contribution in [2.24, 2.45) is 21.7 Å². The molecule has 3 aliphatic rings. The third-order valence-electron chi connectivity index (χ3n) is 8.51. The molecule has 0 unspecified atom stereocenters. The number of ketones is 1. The van der Waals surface area contributed by atoms with E-state index in [1.54, 1.807) is 26.0 Å². The summed E-state index contributed by atoms with van der Waals surface area (Å²) in [5.74, 6) is 0.167. The van der Waals surface area contributed by atoms with Crippen molar-refractivity contribution < 1.29 is 31.1 Å². The second-order valence-electron chi connectivity index (χ2n) is 24.1. The first-order chi connectivity index (χ1) is 29.3. The predicted molar refractivity (Wildman–Crippen MR) is 298 cm³/mol. The molecule has 66 heavy (non-hydrogen) atoms. The Morgan fingerprint density at radius 1 is 0.636 bits per heavy atom. The third kappa shape index (κ3) is 56.7. The summed E-state index contributed by atoms with van der Waals surface area (Å²) in [7, 11) is -0.0278. The number of halogens is 3. The number of thioether (sulfide) groups is 1. The average Bonchev–Trinajstić information content (AvgIpc) is 3.60. The van der Waals surface area contributed by atoms with Crippen LogP contribution in [0.1, 0.15) is 193 Å². The van der Waals surface area contributed by atoms with Crippen molar-refractivity contribution in [2.45, 2.75) is 220 Å². The monoisotopic (exact) mass is 995 g/mol. The molecule has 0 amide bonds. The second kappa shape index (κ2) is 37.2. The Morgan fingerprint density at radius 3 is 0.939 bits per heavy atom. The lowest BCUT2D eigenvalue weighted by molar-refractivity contribution is -0.204. The quantitative estimate of drug-likeness (QED) is 0.246. The van der Waals surface area contributed by atoms with Crippen LogP contribution < -0.4 is 0 Å². The minimum Gasteiger partial charge on any atom is -0.388 e. The number of sulfone groups is 1. The van der Waals surface area contributed by atoms with Crippen molar-refractivity contribution in [3.8, 4) is 11.1 Å². The molecule has 0 heterocycles. The van der Waals surface area contributed by atoms with Crippen LogP contribution in [0.25, 0.3) is 11.1 Å². The topological polar surface area (TPSA) is 60.4 Å². The van der Waals surface area contributed by atoms with E-state index in [2.05, 4.69) is 163 Å². The van der Waals surface area contributed by atoms with Gasteiger partial charge in [0, 0.05) is 40.2 Å². The Balaban J connectivity index is -0.000000158. The minimum atomic E-state index is -4.06. The number of carbonyl (C=O) groups is 1. The zero-order valence-electron chi connectivity index (χ0n) is 48.3. The highest BCUT2D eigenvalue weighted by atomic mass is 32.2. The molecule has 0 radical (unpaired) electrons. The Morgan fingerprint density at radius 2 is 0.803 bits per heavy atom. The maximum absolute atomic E-state index is 11.6. The van der Waals surface area contributed by atoms with E-state index in [-0.39, 0.29) is 11.2 Å². The van der Waals surface area contributed by atoms with Gasteiger partial charge in [-0.25, -0.2) is 8.42 Å². The summed E-state index contributed by atoms with van der Waals surface area (Å²) in [5, 5.41) is 0. The lowest BCUT2D eigenvalue weighted by Crippen LogP contribution is -2.28. The molecule has 0 N–H and O–H groups in total. The van der Waals surface area contributed by atoms with Crippen molar-refractivity contribution in [2.75, 3.05) is 39.2 Å². The average molecular weight is 996 g/mol. The SMILES string of the molecule is CC(C)(C)C.CC(C)(C)C(F)(F)F.CC(C)=O.CC1(C)CCCC1.CC1(C)CCCCC1.CC1(C)c2ccccc2-c2ccccc21.CCC.COC.CS(C)(=O)=O.CSC.C[Si](C)(C)C. The number of rotatable bonds is 0. The molecule has 4 nitrogen and oxygen atoms in total. The first-order valence-corrected chi connectivity index (χ1v) is 32.0. The van der Waals surface area contributed by atoms with Gasteiger partial charge in [-0.05, 0) is 90.5 Å². The molecular formula is C56H109F3O4S2Si. The minimum absolute atomic E-state index is 0.160. The number of hydrogen-bond acceptors (Lipinski definition) is 5. The summed E-state index contributed by atoms with van der Waals surface area (Å²) in [4.78, 5) is 9.44. The molecule has 2 fully saturated rings. The van der Waals surface area contributed by atoms with Gasteiger partial charge >= 0.3 is 6.18 Å². The highest BCUT2D eigenvalue weighted by Gasteiger charge is 2.43. The van der Waals surface area contributed by atoms with Gasteiger partial charge in [-0.3, -0.25) is 0 Å². The van der Waals surface area contributed by atoms with Gasteiger partial charge in [-0.2, -0.15) is 24.9 Å². The Kier molecular flexibility index (Phi) is 42.8. The van der Waals surface area contributed by atoms with E-state index in [9.17, 15) is 26.4 Å². The van der Waals surface area contributed by atoms with E-state index in [0.717, 1.165) is 33.3 Å². The van der Waals surface area contributed by atoms with Crippen LogP contribution in [-0.2, 0) is 24.8 Å². The number of alkyl halides is 3. The largest absolute Gasteiger partial charge is 0.393 e. The fraction of sp³-hybridized carbons (Fsp3) is 0.768. The molecule has 2 aromatic rings. The van der Waals surface area contributed by atoms with Crippen LogP contribution in [0.5, 0.6) is 0 Å². The molecule has 0 saturated heterocycles. The van der Waals surface area contributed by atoms with Gasteiger partial charge in [0.2, 0.25) is 0 Å². The van der Waals surface area contributed by atoms with Gasteiger partial charge in [-0.15, -0.1) is 0 Å². The normalized spacial score (nSPS) is 15.6. The van der Waals surface area contributed by atoms with Gasteiger partial charge < -0.3 is 9.53 Å². The number of fused-ring (bicyclic) bond motifs is 3. The number of carbonyl (C=O) groups excluding carboxylic acids is 1. The molecule has 5 rings (SSSR count). The maximum Gasteiger partial charge on any atom is 0.393 e. The van der Waals surface area contributed by atoms with Crippen molar-refractivity contribution >= 4 is 35.5 Å². The van der Waals surface area contributed by atoms with Crippen LogP contribution >= 0.6 is 11.8 Å². The van der Waals surface area contributed by atoms with Gasteiger partial charge in [0.25, 0.3) is 0 Å². The van der Waals surface area contributed by atoms with Gasteiger partial charge in [-0.1, -0.05) is 217 Å². The van der Waals surface area contributed by atoms with Crippen LogP contribution in [0.15, 0.2) is 48.5 Å². The first-order valence-electron chi connectivity index (χ1n) is 24.0. The van der Waals surface area contributed by atoms with Crippen LogP contribution in [0.2, 0.25) is 26.2 Å². The predicted octanol–water partition coefficient (Wildman–Crippen LogP) is 19.1. The fourth-order valence-corrected chi connectivity index (χ4v) is 5.51. The van der Waals surface area contributed by atoms with E-state index in [1.807, 2.05) is 12.5 Å². The number of hydrogen-bond donors (Lipinski definition) is 0. The zero-order chi connectivity index (χ0) is 54.0. The van der Waals surface area contributed by atoms with Gasteiger partial charge in [0.1, 0.15) is 15.6 Å². The lowest BCUT2D eigenvalue weighted by atomic mass is 9.78. The molecule has 0 spiro atoms. The van der Waals surface area contributed by atoms with E-state index in [1.165, 1.54) is 100 Å². The van der Waals surface area contributed by atoms with Crippen LogP contribution in [0.3, 0.4) is 0 Å². The second-order valence-corrected chi connectivity index (χ2v) is 33.2. The summed E-state index contributed by atoms with van der Waals surface area (Å²) < 4.78 is 58.2. The summed E-state index contributed by atoms with van der Waals surface area (Å²) in [6.07, 6.45) is 16.7. The highest BCUT2D eigenvalue weighted by molar-refractivity contribution is 7.97. The smallest absolute Gasteiger partial charge is 0.388 e. The fourth-order valence-electron chi connectivity index (χ4n) is 5.51. The van der Waals surface area contributed by atoms with E-state index in [4.69, 9.17) is 0 Å². The zero-order valence-corrected chi connectivity index (χ0v) is 50.9. The van der Waals surface area contributed by atoms with E-state index in [0.29, 0.717) is 16.2 Å². The molecular weight excluding hydrogens is 886 g/mol. The summed E-state index contributed by atoms with van der Waals surface area (Å²) in [5.41, 5.74) is 6.17. The third-order valence-corrected chi connectivity index (χ3v) is 8.51. The van der Waals surface area contributed by atoms with Crippen molar-refractivity contribution in [3.05, 3.63) is 59.7 Å². The van der Waals surface area contributed by atoms with Gasteiger partial charge in [0.05, 0.1) is 5.41 Å². The first kappa shape index (κ1) is 75.9. The molecule has 10 heteroatoms. The molecule has 0 aliphatic heterocycles. The maximum atomic E-state index is 11.6. The van der Waals surface area contributed by atoms with E-state index >= 15 is 0 Å². The van der Waals surface area contributed by atoms with E-state index < -0.39 is 29.5 Å². The summed E-state index contributed by atoms with van der Waals surface area (Å²) in [6, 6.07) is 17.4. The highest BCUT2D eigenvalue weighted by Crippen LogP contribution is 2.48. The molecule has 0 bridgehead atoms. The van der Waals surface area contributed by atoms with Crippen molar-refractivity contribution in [3.63, 3.8) is 0 Å². The standard InChI is InChI=1S/C15H14.C8H16.C7H14.C5H9F3.C5H12.C4H12Si.C3H6O.C3H8.C2H6O2S.C2H6O.C2H6S/c1-15(2)13-9-5-3-7-11(13)12-8-4-6-10-14(12)15;1-8(2)6-4-3-5-7-8;1-7(2)5-3-4-6-7;1-4(2,3)5(6,7)8;2*1-5(2,3)4;1-3(2)4;1-3-2;1-5(2,3)4;2*1-3-2/h3-10H,1-2H3;3-7H2,1-2H3;3-6H2,1-2H3;1-3H3;2*1-4H3;1-2H3;3H2,1-2H3;1-2H3;2*1-2H3. The van der Waals surface area contributed by atoms with Crippen LogP contribution in [0, 0.1) is 21.7 Å². The number of ether oxygens (including phenoxy) is 1. The summed E-state index contributed by atoms with van der Waals surface area (Å²) >= 11 is 1.75. The molecule has 0 atom stereocenters. The number of Topliss-reactive ketones (excluding diaryl/α,β-unsaturated/α-hetero) is 1. The van der Waals surface area contributed by atoms with Crippen LogP contribution in [0.4, 0.5) is 13.2 Å². The molecule has 2 saturated carbocycles. The van der Waals surface area contributed by atoms with Crippen molar-refractivity contribution in [1.82, 2.24) is 0 Å². The Bertz CT molecular complexity index is 1460. The Hall–Kier alpha value is -1.62. The number of methoxy groups -OCH3 is 1.